The number of thiophene rings is 1. The highest BCUT2D eigenvalue weighted by atomic mass is 32.1. The van der Waals surface area contributed by atoms with Gasteiger partial charge in [-0.15, -0.1) is 11.3 Å². The van der Waals surface area contributed by atoms with Gasteiger partial charge in [-0.2, -0.15) is 5.26 Å². The molecule has 19 heavy (non-hydrogen) atoms. The van der Waals surface area contributed by atoms with E-state index in [9.17, 15) is 4.79 Å². The highest BCUT2D eigenvalue weighted by molar-refractivity contribution is 7.18. The minimum atomic E-state index is 0.0832. The minimum absolute atomic E-state index is 0.0832. The zero-order valence-corrected chi connectivity index (χ0v) is 11.7. The molecule has 2 heterocycles. The molecule has 0 saturated carbocycles. The van der Waals surface area contributed by atoms with Crippen molar-refractivity contribution in [1.29, 1.82) is 5.26 Å². The quantitative estimate of drug-likeness (QED) is 0.807. The van der Waals surface area contributed by atoms with E-state index in [4.69, 9.17) is 5.26 Å². The van der Waals surface area contributed by atoms with Gasteiger partial charge in [0.15, 0.2) is 0 Å². The Kier molecular flexibility index (Phi) is 3.11. The summed E-state index contributed by atoms with van der Waals surface area (Å²) in [6.07, 6.45) is 4.43. The summed E-state index contributed by atoms with van der Waals surface area (Å²) in [6, 6.07) is 2.12. The Labute approximate surface area is 115 Å². The van der Waals surface area contributed by atoms with E-state index in [2.05, 4.69) is 11.1 Å². The molecular weight excluding hydrogens is 258 g/mol. The molecule has 0 unspecified atom stereocenters. The third-order valence-corrected chi connectivity index (χ3v) is 4.87. The first-order valence-corrected chi connectivity index (χ1v) is 7.42. The predicted octanol–water partition coefficient (Wildman–Crippen LogP) is 2.56. The smallest absolute Gasteiger partial charge is 0.262 e. The molecule has 0 fully saturated rings. The normalized spacial score (nSPS) is 13.7. The minimum Gasteiger partial charge on any atom is -0.296 e. The van der Waals surface area contributed by atoms with Crippen molar-refractivity contribution in [2.45, 2.75) is 45.6 Å². The standard InChI is InChI=1S/C14H15N3OS/c1-9-16-13-12(10-5-4-6-11(10)19-13)14(18)17(9)8-3-2-7-15/h2-6,8H2,1H3. The second-order valence-corrected chi connectivity index (χ2v) is 6.00. The van der Waals surface area contributed by atoms with E-state index in [0.717, 1.165) is 35.3 Å². The fourth-order valence-corrected chi connectivity index (χ4v) is 4.06. The molecule has 0 saturated heterocycles. The van der Waals surface area contributed by atoms with Gasteiger partial charge in [-0.25, -0.2) is 4.98 Å². The molecule has 0 amide bonds. The maximum absolute atomic E-state index is 12.6. The average Bonchev–Trinajstić information content (AvgIpc) is 2.93. The molecule has 4 nitrogen and oxygen atoms in total. The Morgan fingerprint density at radius 3 is 3.11 bits per heavy atom. The van der Waals surface area contributed by atoms with E-state index in [0.29, 0.717) is 19.4 Å². The van der Waals surface area contributed by atoms with Crippen molar-refractivity contribution in [3.8, 4) is 6.07 Å². The Morgan fingerprint density at radius 2 is 2.32 bits per heavy atom. The van der Waals surface area contributed by atoms with Crippen LogP contribution >= 0.6 is 11.3 Å². The van der Waals surface area contributed by atoms with Crippen LogP contribution in [0.1, 0.15) is 35.5 Å². The Bertz CT molecular complexity index is 736. The van der Waals surface area contributed by atoms with Crippen molar-refractivity contribution in [2.75, 3.05) is 0 Å². The van der Waals surface area contributed by atoms with Gasteiger partial charge in [0.2, 0.25) is 0 Å². The van der Waals surface area contributed by atoms with E-state index in [1.165, 1.54) is 10.4 Å². The first-order valence-electron chi connectivity index (χ1n) is 6.61. The van der Waals surface area contributed by atoms with Crippen LogP contribution in [0.5, 0.6) is 0 Å². The highest BCUT2D eigenvalue weighted by Gasteiger charge is 2.22. The van der Waals surface area contributed by atoms with Gasteiger partial charge in [0.25, 0.3) is 5.56 Å². The van der Waals surface area contributed by atoms with Crippen LogP contribution in [0.25, 0.3) is 10.2 Å². The molecule has 0 aromatic carbocycles. The maximum atomic E-state index is 12.6. The summed E-state index contributed by atoms with van der Waals surface area (Å²) in [5.41, 5.74) is 1.31. The molecule has 1 aliphatic rings. The van der Waals surface area contributed by atoms with Crippen LogP contribution in [0.15, 0.2) is 4.79 Å². The zero-order chi connectivity index (χ0) is 13.4. The number of hydrogen-bond acceptors (Lipinski definition) is 4. The summed E-state index contributed by atoms with van der Waals surface area (Å²) < 4.78 is 1.73. The third kappa shape index (κ3) is 1.96. The molecule has 0 atom stereocenters. The summed E-state index contributed by atoms with van der Waals surface area (Å²) in [5, 5.41) is 9.43. The van der Waals surface area contributed by atoms with Crippen LogP contribution < -0.4 is 5.56 Å². The summed E-state index contributed by atoms with van der Waals surface area (Å²) in [4.78, 5) is 19.4. The van der Waals surface area contributed by atoms with E-state index in [1.54, 1.807) is 15.9 Å². The molecule has 0 N–H and O–H groups in total. The zero-order valence-electron chi connectivity index (χ0n) is 10.9. The largest absolute Gasteiger partial charge is 0.296 e. The van der Waals surface area contributed by atoms with E-state index in [-0.39, 0.29) is 5.56 Å². The molecular formula is C14H15N3OS. The summed E-state index contributed by atoms with van der Waals surface area (Å²) >= 11 is 1.67. The molecule has 0 spiro atoms. The Hall–Kier alpha value is -1.67. The Morgan fingerprint density at radius 1 is 1.47 bits per heavy atom. The highest BCUT2D eigenvalue weighted by Crippen LogP contribution is 2.34. The van der Waals surface area contributed by atoms with Gasteiger partial charge in [-0.1, -0.05) is 0 Å². The summed E-state index contributed by atoms with van der Waals surface area (Å²) in [6.45, 7) is 2.46. The molecule has 0 aliphatic heterocycles. The van der Waals surface area contributed by atoms with Crippen LogP contribution in [-0.2, 0) is 19.4 Å². The van der Waals surface area contributed by atoms with Gasteiger partial charge in [-0.05, 0) is 38.2 Å². The van der Waals surface area contributed by atoms with Crippen LogP contribution in [-0.4, -0.2) is 9.55 Å². The fourth-order valence-electron chi connectivity index (χ4n) is 2.76. The SMILES string of the molecule is Cc1nc2sc3c(c2c(=O)n1CCCC#N)CCC3. The van der Waals surface area contributed by atoms with Crippen LogP contribution in [0.3, 0.4) is 0 Å². The molecule has 1 aliphatic carbocycles. The number of nitriles is 1. The molecule has 2 aromatic heterocycles. The van der Waals surface area contributed by atoms with Crippen LogP contribution in [0.2, 0.25) is 0 Å². The molecule has 98 valence electrons. The van der Waals surface area contributed by atoms with Crippen LogP contribution in [0, 0.1) is 18.3 Å². The molecule has 2 aromatic rings. The fraction of sp³-hybridized carbons (Fsp3) is 0.500. The van der Waals surface area contributed by atoms with Gasteiger partial charge in [0, 0.05) is 17.8 Å². The molecule has 0 radical (unpaired) electrons. The second kappa shape index (κ2) is 4.78. The molecule has 5 heteroatoms. The molecule has 3 rings (SSSR count). The maximum Gasteiger partial charge on any atom is 0.262 e. The average molecular weight is 273 g/mol. The predicted molar refractivity (Wildman–Crippen MR) is 75.5 cm³/mol. The van der Waals surface area contributed by atoms with Gasteiger partial charge in [0.1, 0.15) is 10.7 Å². The van der Waals surface area contributed by atoms with Gasteiger partial charge in [0.05, 0.1) is 11.5 Å². The van der Waals surface area contributed by atoms with E-state index in [1.807, 2.05) is 6.92 Å². The van der Waals surface area contributed by atoms with Crippen molar-refractivity contribution in [3.05, 3.63) is 26.6 Å². The topological polar surface area (TPSA) is 58.7 Å². The lowest BCUT2D eigenvalue weighted by atomic mass is 10.2. The summed E-state index contributed by atoms with van der Waals surface area (Å²) in [7, 11) is 0. The number of aryl methyl sites for hydroxylation is 3. The number of unbranched alkanes of at least 4 members (excludes halogenated alkanes) is 1. The van der Waals surface area contributed by atoms with Gasteiger partial charge >= 0.3 is 0 Å². The number of nitrogens with zero attached hydrogens (tertiary/aromatic N) is 3. The summed E-state index contributed by atoms with van der Waals surface area (Å²) in [5.74, 6) is 0.760. The lowest BCUT2D eigenvalue weighted by Crippen LogP contribution is -2.24. The lowest BCUT2D eigenvalue weighted by Gasteiger charge is -2.08. The first kappa shape index (κ1) is 12.4. The first-order chi connectivity index (χ1) is 9.22. The monoisotopic (exact) mass is 273 g/mol. The molecule has 0 bridgehead atoms. The van der Waals surface area contributed by atoms with Crippen molar-refractivity contribution in [2.24, 2.45) is 0 Å². The van der Waals surface area contributed by atoms with E-state index < -0.39 is 0 Å². The number of fused-ring (bicyclic) bond motifs is 3. The van der Waals surface area contributed by atoms with Gasteiger partial charge in [-0.3, -0.25) is 9.36 Å². The van der Waals surface area contributed by atoms with Crippen molar-refractivity contribution in [3.63, 3.8) is 0 Å². The van der Waals surface area contributed by atoms with Gasteiger partial charge < -0.3 is 0 Å². The lowest BCUT2D eigenvalue weighted by molar-refractivity contribution is 0.607. The van der Waals surface area contributed by atoms with E-state index >= 15 is 0 Å². The van der Waals surface area contributed by atoms with Crippen molar-refractivity contribution >= 4 is 21.6 Å². The van der Waals surface area contributed by atoms with Crippen molar-refractivity contribution < 1.29 is 0 Å². The third-order valence-electron chi connectivity index (χ3n) is 3.69. The Balaban J connectivity index is 2.13. The number of hydrogen-bond donors (Lipinski definition) is 0. The second-order valence-electron chi connectivity index (χ2n) is 4.91. The number of rotatable bonds is 3. The van der Waals surface area contributed by atoms with Crippen molar-refractivity contribution in [1.82, 2.24) is 9.55 Å². The number of aromatic nitrogens is 2. The van der Waals surface area contributed by atoms with Crippen LogP contribution in [0.4, 0.5) is 0 Å².